The molecule has 1 saturated heterocycles. The molecule has 2 aromatic rings. The summed E-state index contributed by atoms with van der Waals surface area (Å²) in [5, 5.41) is 0. The Morgan fingerprint density at radius 2 is 2.14 bits per heavy atom. The minimum atomic E-state index is -0.334. The highest BCUT2D eigenvalue weighted by Gasteiger charge is 2.30. The number of aromatic nitrogens is 1. The molecular formula is C17H19FN2O2. The highest BCUT2D eigenvalue weighted by atomic mass is 19.1. The first-order valence-corrected chi connectivity index (χ1v) is 7.38. The highest BCUT2D eigenvalue weighted by molar-refractivity contribution is 5.79. The molecule has 1 aliphatic heterocycles. The Morgan fingerprint density at radius 3 is 2.86 bits per heavy atom. The fourth-order valence-electron chi connectivity index (χ4n) is 2.87. The molecule has 3 rings (SSSR count). The summed E-state index contributed by atoms with van der Waals surface area (Å²) in [5.74, 6) is -0.404. The van der Waals surface area contributed by atoms with Crippen molar-refractivity contribution in [3.05, 3.63) is 59.7 Å². The van der Waals surface area contributed by atoms with E-state index in [1.54, 1.807) is 23.1 Å². The van der Waals surface area contributed by atoms with Crippen LogP contribution in [-0.4, -0.2) is 35.1 Å². The third kappa shape index (κ3) is 2.90. The molecule has 0 unspecified atom stereocenters. The van der Waals surface area contributed by atoms with E-state index < -0.39 is 0 Å². The first kappa shape index (κ1) is 14.8. The van der Waals surface area contributed by atoms with E-state index in [-0.39, 0.29) is 24.2 Å². The minimum absolute atomic E-state index is 0.0698. The largest absolute Gasteiger partial charge is 0.377 e. The first-order valence-electron chi connectivity index (χ1n) is 7.38. The van der Waals surface area contributed by atoms with Gasteiger partial charge in [-0.25, -0.2) is 4.39 Å². The van der Waals surface area contributed by atoms with Crippen molar-refractivity contribution in [2.75, 3.05) is 19.8 Å². The molecule has 0 radical (unpaired) electrons. The van der Waals surface area contributed by atoms with Crippen LogP contribution in [0.5, 0.6) is 0 Å². The summed E-state index contributed by atoms with van der Waals surface area (Å²) < 4.78 is 21.3. The number of carbonyl (C=O) groups excluding carboxylic acids is 1. The van der Waals surface area contributed by atoms with Crippen LogP contribution in [0.4, 0.5) is 4.39 Å². The van der Waals surface area contributed by atoms with Crippen LogP contribution in [0.25, 0.3) is 0 Å². The molecule has 2 heterocycles. The highest BCUT2D eigenvalue weighted by Crippen LogP contribution is 2.25. The second kappa shape index (κ2) is 6.32. The van der Waals surface area contributed by atoms with Gasteiger partial charge in [0.25, 0.3) is 0 Å². The zero-order valence-electron chi connectivity index (χ0n) is 12.5. The van der Waals surface area contributed by atoms with Crippen LogP contribution in [0.15, 0.2) is 42.6 Å². The molecule has 5 heteroatoms. The molecule has 1 aromatic heterocycles. The molecule has 0 saturated carbocycles. The van der Waals surface area contributed by atoms with Crippen molar-refractivity contribution in [3.8, 4) is 0 Å². The van der Waals surface area contributed by atoms with Crippen LogP contribution < -0.4 is 0 Å². The van der Waals surface area contributed by atoms with E-state index in [4.69, 9.17) is 4.74 Å². The molecule has 4 nitrogen and oxygen atoms in total. The number of amides is 1. The normalized spacial score (nSPS) is 18.5. The second-order valence-corrected chi connectivity index (χ2v) is 5.49. The number of morpholine rings is 1. The summed E-state index contributed by atoms with van der Waals surface area (Å²) in [5.41, 5.74) is 1.46. The number of aryl methyl sites for hydroxylation is 1. The van der Waals surface area contributed by atoms with E-state index in [0.29, 0.717) is 25.3 Å². The number of carbonyl (C=O) groups is 1. The Balaban J connectivity index is 1.80. The van der Waals surface area contributed by atoms with Gasteiger partial charge in [0.2, 0.25) is 5.91 Å². The Hall–Kier alpha value is -2.14. The summed E-state index contributed by atoms with van der Waals surface area (Å²) in [7, 11) is 1.95. The molecule has 0 bridgehead atoms. The molecule has 1 atom stereocenters. The van der Waals surface area contributed by atoms with Gasteiger partial charge in [-0.15, -0.1) is 0 Å². The van der Waals surface area contributed by atoms with Gasteiger partial charge in [0.1, 0.15) is 5.82 Å². The maximum atomic E-state index is 13.8. The number of ether oxygens (including phenoxy) is 1. The van der Waals surface area contributed by atoms with Gasteiger partial charge in [0.15, 0.2) is 0 Å². The Labute approximate surface area is 129 Å². The minimum Gasteiger partial charge on any atom is -0.377 e. The SMILES string of the molecule is Cn1cccc1[C@H]1COCCN1C(=O)Cc1ccccc1F. The lowest BCUT2D eigenvalue weighted by Gasteiger charge is -2.36. The van der Waals surface area contributed by atoms with Crippen molar-refractivity contribution in [2.24, 2.45) is 7.05 Å². The van der Waals surface area contributed by atoms with Gasteiger partial charge in [-0.3, -0.25) is 4.79 Å². The molecule has 0 aliphatic carbocycles. The Bertz CT molecular complexity index is 668. The van der Waals surface area contributed by atoms with Crippen molar-refractivity contribution in [1.29, 1.82) is 0 Å². The topological polar surface area (TPSA) is 34.5 Å². The molecule has 22 heavy (non-hydrogen) atoms. The zero-order chi connectivity index (χ0) is 15.5. The summed E-state index contributed by atoms with van der Waals surface area (Å²) in [6.45, 7) is 1.52. The van der Waals surface area contributed by atoms with Crippen LogP contribution in [0.3, 0.4) is 0 Å². The predicted molar refractivity (Wildman–Crippen MR) is 80.8 cm³/mol. The molecule has 0 N–H and O–H groups in total. The number of nitrogens with zero attached hydrogens (tertiary/aromatic N) is 2. The lowest BCUT2D eigenvalue weighted by Crippen LogP contribution is -2.44. The van der Waals surface area contributed by atoms with Gasteiger partial charge in [-0.2, -0.15) is 0 Å². The molecule has 0 spiro atoms. The molecular weight excluding hydrogens is 283 g/mol. The maximum Gasteiger partial charge on any atom is 0.227 e. The number of hydrogen-bond acceptors (Lipinski definition) is 2. The van der Waals surface area contributed by atoms with E-state index in [0.717, 1.165) is 5.69 Å². The summed E-state index contributed by atoms with van der Waals surface area (Å²) in [4.78, 5) is 14.4. The lowest BCUT2D eigenvalue weighted by atomic mass is 10.1. The third-order valence-corrected chi connectivity index (χ3v) is 4.07. The van der Waals surface area contributed by atoms with E-state index in [1.807, 2.05) is 29.9 Å². The average Bonchev–Trinajstić information content (AvgIpc) is 2.95. The summed E-state index contributed by atoms with van der Waals surface area (Å²) in [6.07, 6.45) is 2.02. The van der Waals surface area contributed by atoms with Crippen LogP contribution in [-0.2, 0) is 23.0 Å². The number of halogens is 1. The number of benzene rings is 1. The van der Waals surface area contributed by atoms with Crippen LogP contribution in [0.1, 0.15) is 17.3 Å². The van der Waals surface area contributed by atoms with Crippen molar-refractivity contribution in [3.63, 3.8) is 0 Å². The van der Waals surface area contributed by atoms with E-state index in [2.05, 4.69) is 0 Å². The maximum absolute atomic E-state index is 13.8. The molecule has 1 aliphatic rings. The van der Waals surface area contributed by atoms with Gasteiger partial charge >= 0.3 is 0 Å². The summed E-state index contributed by atoms with van der Waals surface area (Å²) in [6, 6.07) is 10.2. The Morgan fingerprint density at radius 1 is 1.32 bits per heavy atom. The van der Waals surface area contributed by atoms with Gasteiger partial charge in [-0.1, -0.05) is 18.2 Å². The third-order valence-electron chi connectivity index (χ3n) is 4.07. The molecule has 1 aromatic carbocycles. The number of hydrogen-bond donors (Lipinski definition) is 0. The molecule has 116 valence electrons. The fraction of sp³-hybridized carbons (Fsp3) is 0.353. The van der Waals surface area contributed by atoms with Gasteiger partial charge in [-0.05, 0) is 23.8 Å². The van der Waals surface area contributed by atoms with Gasteiger partial charge in [0, 0.05) is 25.5 Å². The van der Waals surface area contributed by atoms with E-state index >= 15 is 0 Å². The van der Waals surface area contributed by atoms with Gasteiger partial charge < -0.3 is 14.2 Å². The predicted octanol–water partition coefficient (Wildman–Crippen LogP) is 2.31. The van der Waals surface area contributed by atoms with Crippen molar-refractivity contribution in [2.45, 2.75) is 12.5 Å². The molecule has 1 fully saturated rings. The quantitative estimate of drug-likeness (QED) is 0.872. The van der Waals surface area contributed by atoms with Crippen LogP contribution in [0, 0.1) is 5.82 Å². The van der Waals surface area contributed by atoms with Crippen molar-refractivity contribution < 1.29 is 13.9 Å². The van der Waals surface area contributed by atoms with E-state index in [1.165, 1.54) is 6.07 Å². The zero-order valence-corrected chi connectivity index (χ0v) is 12.5. The number of rotatable bonds is 3. The van der Waals surface area contributed by atoms with E-state index in [9.17, 15) is 9.18 Å². The second-order valence-electron chi connectivity index (χ2n) is 5.49. The summed E-state index contributed by atoms with van der Waals surface area (Å²) >= 11 is 0. The average molecular weight is 302 g/mol. The van der Waals surface area contributed by atoms with Crippen LogP contribution >= 0.6 is 0 Å². The smallest absolute Gasteiger partial charge is 0.227 e. The first-order chi connectivity index (χ1) is 10.7. The lowest BCUT2D eigenvalue weighted by molar-refractivity contribution is -0.139. The fourth-order valence-corrected chi connectivity index (χ4v) is 2.87. The standard InChI is InChI=1S/C17H19FN2O2/c1-19-8-4-7-15(19)16-12-22-10-9-20(16)17(21)11-13-5-2-3-6-14(13)18/h2-8,16H,9-12H2,1H3/t16-/m1/s1. The molecule has 1 amide bonds. The van der Waals surface area contributed by atoms with Crippen molar-refractivity contribution in [1.82, 2.24) is 9.47 Å². The van der Waals surface area contributed by atoms with Gasteiger partial charge in [0.05, 0.1) is 25.7 Å². The van der Waals surface area contributed by atoms with Crippen molar-refractivity contribution >= 4 is 5.91 Å². The Kier molecular flexibility index (Phi) is 4.24. The van der Waals surface area contributed by atoms with Crippen LogP contribution in [0.2, 0.25) is 0 Å². The monoisotopic (exact) mass is 302 g/mol.